The molecule has 0 spiro atoms. The first-order valence-corrected chi connectivity index (χ1v) is 5.14. The van der Waals surface area contributed by atoms with Crippen molar-refractivity contribution in [1.82, 2.24) is 10.4 Å². The lowest BCUT2D eigenvalue weighted by atomic mass is 10.2. The second kappa shape index (κ2) is 4.84. The van der Waals surface area contributed by atoms with Crippen molar-refractivity contribution in [2.45, 2.75) is 12.6 Å². The minimum absolute atomic E-state index is 0.0521. The molecule has 0 radical (unpaired) electrons. The molecular formula is C11H12N2O4. The first-order valence-electron chi connectivity index (χ1n) is 5.14. The smallest absolute Gasteiger partial charge is 0.407 e. The third kappa shape index (κ3) is 2.73. The normalized spacial score (nSPS) is 18.4. The number of hydrogen-bond acceptors (Lipinski definition) is 4. The van der Waals surface area contributed by atoms with Gasteiger partial charge in [0, 0.05) is 0 Å². The van der Waals surface area contributed by atoms with Crippen LogP contribution in [0.2, 0.25) is 0 Å². The number of benzene rings is 1. The Morgan fingerprint density at radius 1 is 1.47 bits per heavy atom. The molecule has 0 aliphatic carbocycles. The molecule has 1 aliphatic heterocycles. The van der Waals surface area contributed by atoms with Crippen LogP contribution in [0.15, 0.2) is 30.3 Å². The van der Waals surface area contributed by atoms with Gasteiger partial charge in [-0.15, -0.1) is 0 Å². The standard InChI is InChI=1S/C11H12N2O4/c14-10(9-7-17-11(15)12-9)13(16)6-8-4-2-1-3-5-8/h1-5,9,16H,6-7H2,(H,12,15). The van der Waals surface area contributed by atoms with Crippen LogP contribution >= 0.6 is 0 Å². The number of hydrogen-bond donors (Lipinski definition) is 2. The third-order valence-corrected chi connectivity index (χ3v) is 2.40. The number of ether oxygens (including phenoxy) is 1. The van der Waals surface area contributed by atoms with E-state index in [0.29, 0.717) is 5.06 Å². The Labute approximate surface area is 97.7 Å². The fourth-order valence-electron chi connectivity index (χ4n) is 1.53. The number of nitrogens with zero attached hydrogens (tertiary/aromatic N) is 1. The first kappa shape index (κ1) is 11.4. The van der Waals surface area contributed by atoms with Gasteiger partial charge < -0.3 is 10.1 Å². The Balaban J connectivity index is 1.94. The van der Waals surface area contributed by atoms with E-state index in [1.165, 1.54) is 0 Å². The van der Waals surface area contributed by atoms with Gasteiger partial charge in [0.2, 0.25) is 0 Å². The van der Waals surface area contributed by atoms with E-state index in [0.717, 1.165) is 5.56 Å². The number of alkyl carbamates (subject to hydrolysis) is 1. The summed E-state index contributed by atoms with van der Waals surface area (Å²) in [6.07, 6.45) is -0.642. The molecule has 1 aromatic carbocycles. The van der Waals surface area contributed by atoms with E-state index in [1.54, 1.807) is 12.1 Å². The van der Waals surface area contributed by atoms with Crippen molar-refractivity contribution in [2.24, 2.45) is 0 Å². The zero-order valence-corrected chi connectivity index (χ0v) is 9.00. The molecule has 1 aliphatic rings. The largest absolute Gasteiger partial charge is 0.447 e. The van der Waals surface area contributed by atoms with E-state index in [4.69, 9.17) is 0 Å². The fourth-order valence-corrected chi connectivity index (χ4v) is 1.53. The lowest BCUT2D eigenvalue weighted by molar-refractivity contribution is -0.170. The zero-order valence-electron chi connectivity index (χ0n) is 9.00. The van der Waals surface area contributed by atoms with Gasteiger partial charge in [-0.25, -0.2) is 9.86 Å². The van der Waals surface area contributed by atoms with Gasteiger partial charge in [0.25, 0.3) is 5.91 Å². The second-order valence-electron chi connectivity index (χ2n) is 3.68. The molecule has 2 rings (SSSR count). The molecule has 6 nitrogen and oxygen atoms in total. The van der Waals surface area contributed by atoms with Crippen molar-refractivity contribution in [2.75, 3.05) is 6.61 Å². The van der Waals surface area contributed by atoms with Crippen molar-refractivity contribution in [3.8, 4) is 0 Å². The molecule has 17 heavy (non-hydrogen) atoms. The summed E-state index contributed by atoms with van der Waals surface area (Å²) >= 11 is 0. The molecule has 1 fully saturated rings. The minimum atomic E-state index is -0.809. The Morgan fingerprint density at radius 3 is 2.76 bits per heavy atom. The summed E-state index contributed by atoms with van der Waals surface area (Å²) in [6, 6.07) is 8.25. The summed E-state index contributed by atoms with van der Waals surface area (Å²) in [4.78, 5) is 22.4. The highest BCUT2D eigenvalue weighted by Crippen LogP contribution is 2.06. The van der Waals surface area contributed by atoms with E-state index < -0.39 is 18.0 Å². The lowest BCUT2D eigenvalue weighted by Crippen LogP contribution is -2.43. The quantitative estimate of drug-likeness (QED) is 0.592. The maximum atomic E-state index is 11.7. The number of cyclic esters (lactones) is 1. The molecule has 1 heterocycles. The summed E-state index contributed by atoms with van der Waals surface area (Å²) in [5.74, 6) is -0.584. The van der Waals surface area contributed by atoms with E-state index >= 15 is 0 Å². The number of carbonyl (C=O) groups excluding carboxylic acids is 2. The van der Waals surface area contributed by atoms with Crippen molar-refractivity contribution in [3.05, 3.63) is 35.9 Å². The maximum Gasteiger partial charge on any atom is 0.407 e. The summed E-state index contributed by atoms with van der Waals surface area (Å²) in [5, 5.41) is 12.5. The van der Waals surface area contributed by atoms with Crippen LogP contribution in [0.5, 0.6) is 0 Å². The molecule has 90 valence electrons. The summed E-state index contributed by atoms with van der Waals surface area (Å²) in [6.45, 7) is 0.0234. The molecule has 2 N–H and O–H groups in total. The van der Waals surface area contributed by atoms with Gasteiger partial charge in [-0.2, -0.15) is 0 Å². The average Bonchev–Trinajstić information content (AvgIpc) is 2.76. The number of nitrogens with one attached hydrogen (secondary N) is 1. The molecule has 1 aromatic rings. The Hall–Kier alpha value is -2.08. The molecule has 0 saturated carbocycles. The highest BCUT2D eigenvalue weighted by Gasteiger charge is 2.31. The second-order valence-corrected chi connectivity index (χ2v) is 3.68. The van der Waals surface area contributed by atoms with Crippen LogP contribution in [0.25, 0.3) is 0 Å². The molecule has 0 bridgehead atoms. The van der Waals surface area contributed by atoms with E-state index in [2.05, 4.69) is 10.1 Å². The lowest BCUT2D eigenvalue weighted by Gasteiger charge is -2.17. The van der Waals surface area contributed by atoms with Crippen molar-refractivity contribution in [1.29, 1.82) is 0 Å². The minimum Gasteiger partial charge on any atom is -0.447 e. The van der Waals surface area contributed by atoms with Crippen LogP contribution < -0.4 is 5.32 Å². The van der Waals surface area contributed by atoms with Crippen LogP contribution in [0.4, 0.5) is 4.79 Å². The van der Waals surface area contributed by atoms with Gasteiger partial charge in [0.15, 0.2) is 0 Å². The molecule has 1 atom stereocenters. The van der Waals surface area contributed by atoms with Crippen LogP contribution in [0, 0.1) is 0 Å². The van der Waals surface area contributed by atoms with Gasteiger partial charge in [0.05, 0.1) is 6.54 Å². The Morgan fingerprint density at radius 2 is 2.18 bits per heavy atom. The van der Waals surface area contributed by atoms with Crippen LogP contribution in [-0.2, 0) is 16.1 Å². The Kier molecular flexibility index (Phi) is 3.24. The fraction of sp³-hybridized carbons (Fsp3) is 0.273. The van der Waals surface area contributed by atoms with E-state index in [9.17, 15) is 14.8 Å². The number of rotatable bonds is 3. The molecule has 1 saturated heterocycles. The third-order valence-electron chi connectivity index (χ3n) is 2.40. The SMILES string of the molecule is O=C1NC(C(=O)N(O)Cc2ccccc2)CO1. The zero-order chi connectivity index (χ0) is 12.3. The number of amides is 2. The summed E-state index contributed by atoms with van der Waals surface area (Å²) < 4.78 is 4.58. The molecule has 0 aromatic heterocycles. The van der Waals surface area contributed by atoms with Crippen molar-refractivity contribution < 1.29 is 19.5 Å². The van der Waals surface area contributed by atoms with Crippen molar-refractivity contribution in [3.63, 3.8) is 0 Å². The van der Waals surface area contributed by atoms with E-state index in [-0.39, 0.29) is 13.2 Å². The predicted octanol–water partition coefficient (Wildman–Crippen LogP) is 0.513. The van der Waals surface area contributed by atoms with Gasteiger partial charge in [-0.3, -0.25) is 10.0 Å². The number of carbonyl (C=O) groups is 2. The van der Waals surface area contributed by atoms with Crippen LogP contribution in [0.1, 0.15) is 5.56 Å². The van der Waals surface area contributed by atoms with Crippen LogP contribution in [-0.4, -0.2) is 34.9 Å². The molecule has 1 unspecified atom stereocenters. The first-order chi connectivity index (χ1) is 8.16. The Bertz CT molecular complexity index is 421. The van der Waals surface area contributed by atoms with Crippen LogP contribution in [0.3, 0.4) is 0 Å². The summed E-state index contributed by atoms with van der Waals surface area (Å²) in [7, 11) is 0. The highest BCUT2D eigenvalue weighted by atomic mass is 16.6. The van der Waals surface area contributed by atoms with Gasteiger partial charge in [0.1, 0.15) is 12.6 Å². The summed E-state index contributed by atoms with van der Waals surface area (Å²) in [5.41, 5.74) is 0.800. The molecular weight excluding hydrogens is 224 g/mol. The monoisotopic (exact) mass is 236 g/mol. The molecule has 2 amide bonds. The maximum absolute atomic E-state index is 11.7. The average molecular weight is 236 g/mol. The number of hydroxylamine groups is 2. The topological polar surface area (TPSA) is 78.9 Å². The highest BCUT2D eigenvalue weighted by molar-refractivity contribution is 5.87. The van der Waals surface area contributed by atoms with Crippen molar-refractivity contribution >= 4 is 12.0 Å². The van der Waals surface area contributed by atoms with Gasteiger partial charge in [-0.1, -0.05) is 30.3 Å². The van der Waals surface area contributed by atoms with E-state index in [1.807, 2.05) is 18.2 Å². The van der Waals surface area contributed by atoms with Gasteiger partial charge in [-0.05, 0) is 5.56 Å². The molecule has 6 heteroatoms. The predicted molar refractivity (Wildman–Crippen MR) is 57.1 cm³/mol. The van der Waals surface area contributed by atoms with Gasteiger partial charge >= 0.3 is 6.09 Å².